The molecule has 5 nitrogen and oxygen atoms in total. The van der Waals surface area contributed by atoms with E-state index in [4.69, 9.17) is 16.7 Å². The Balaban J connectivity index is 2.67. The Morgan fingerprint density at radius 3 is 2.58 bits per heavy atom. The van der Waals surface area contributed by atoms with E-state index in [0.29, 0.717) is 16.1 Å². The molecule has 1 heterocycles. The third kappa shape index (κ3) is 2.42. The van der Waals surface area contributed by atoms with Crippen LogP contribution in [-0.4, -0.2) is 26.7 Å². The molecule has 1 aromatic heterocycles. The maximum absolute atomic E-state index is 11.3. The number of carboxylic acid groups (broad SMARTS) is 2. The van der Waals surface area contributed by atoms with E-state index in [9.17, 15) is 14.7 Å². The van der Waals surface area contributed by atoms with E-state index in [2.05, 4.69) is 0 Å². The van der Waals surface area contributed by atoms with E-state index >= 15 is 0 Å². The van der Waals surface area contributed by atoms with Crippen molar-refractivity contribution < 1.29 is 19.8 Å². The zero-order valence-corrected chi connectivity index (χ0v) is 10.9. The maximum atomic E-state index is 11.3. The van der Waals surface area contributed by atoms with Crippen molar-refractivity contribution in [1.82, 2.24) is 4.57 Å². The van der Waals surface area contributed by atoms with E-state index < -0.39 is 11.9 Å². The molecule has 2 aromatic rings. The number of aromatic nitrogens is 1. The normalized spacial score (nSPS) is 10.8. The number of carboxylic acids is 2. The van der Waals surface area contributed by atoms with Crippen molar-refractivity contribution >= 4 is 34.4 Å². The predicted octanol–water partition coefficient (Wildman–Crippen LogP) is 2.78. The highest BCUT2D eigenvalue weighted by molar-refractivity contribution is 6.31. The molecule has 2 rings (SSSR count). The van der Waals surface area contributed by atoms with E-state index in [1.807, 2.05) is 0 Å². The van der Waals surface area contributed by atoms with E-state index in [1.165, 1.54) is 4.57 Å². The Bertz CT molecular complexity index is 675. The Morgan fingerprint density at radius 1 is 1.32 bits per heavy atom. The zero-order chi connectivity index (χ0) is 14.2. The second-order valence-corrected chi connectivity index (χ2v) is 4.67. The van der Waals surface area contributed by atoms with Gasteiger partial charge >= 0.3 is 11.9 Å². The quantitative estimate of drug-likeness (QED) is 0.903. The largest absolute Gasteiger partial charge is 0.481 e. The summed E-state index contributed by atoms with van der Waals surface area (Å²) in [4.78, 5) is 22.0. The minimum atomic E-state index is -1.07. The van der Waals surface area contributed by atoms with Crippen LogP contribution in [-0.2, 0) is 11.3 Å². The van der Waals surface area contributed by atoms with Crippen molar-refractivity contribution in [3.63, 3.8) is 0 Å². The third-order valence-electron chi connectivity index (χ3n) is 3.03. The summed E-state index contributed by atoms with van der Waals surface area (Å²) in [7, 11) is 0. The summed E-state index contributed by atoms with van der Waals surface area (Å²) in [5, 5.41) is 19.3. The molecule has 0 saturated heterocycles. The lowest BCUT2D eigenvalue weighted by Gasteiger charge is -2.06. The summed E-state index contributed by atoms with van der Waals surface area (Å²) in [6.07, 6.45) is -0.133. The van der Waals surface area contributed by atoms with E-state index in [0.717, 1.165) is 5.39 Å². The molecule has 2 N–H and O–H groups in total. The lowest BCUT2D eigenvalue weighted by atomic mass is 10.1. The average molecular weight is 282 g/mol. The van der Waals surface area contributed by atoms with Gasteiger partial charge in [0.15, 0.2) is 0 Å². The first-order chi connectivity index (χ1) is 8.91. The molecule has 100 valence electrons. The number of hydrogen-bond acceptors (Lipinski definition) is 2. The van der Waals surface area contributed by atoms with Crippen LogP contribution in [0.5, 0.6) is 0 Å². The Labute approximate surface area is 114 Å². The Hall–Kier alpha value is -2.01. The van der Waals surface area contributed by atoms with Gasteiger partial charge in [0, 0.05) is 22.5 Å². The summed E-state index contributed by atoms with van der Waals surface area (Å²) < 4.78 is 1.51. The van der Waals surface area contributed by atoms with Gasteiger partial charge in [0.2, 0.25) is 0 Å². The van der Waals surface area contributed by atoms with Crippen molar-refractivity contribution in [2.75, 3.05) is 0 Å². The minimum Gasteiger partial charge on any atom is -0.481 e. The first kappa shape index (κ1) is 13.4. The number of hydrogen-bond donors (Lipinski definition) is 2. The van der Waals surface area contributed by atoms with Crippen molar-refractivity contribution in [3.05, 3.63) is 34.5 Å². The lowest BCUT2D eigenvalue weighted by Crippen LogP contribution is -2.12. The molecule has 0 fully saturated rings. The van der Waals surface area contributed by atoms with Crippen molar-refractivity contribution in [3.8, 4) is 0 Å². The number of halogens is 1. The van der Waals surface area contributed by atoms with Gasteiger partial charge in [0.25, 0.3) is 0 Å². The first-order valence-corrected chi connectivity index (χ1v) is 6.03. The van der Waals surface area contributed by atoms with Gasteiger partial charge in [0.05, 0.1) is 6.42 Å². The molecule has 0 radical (unpaired) electrons. The van der Waals surface area contributed by atoms with Gasteiger partial charge in [0.1, 0.15) is 5.69 Å². The SMILES string of the molecule is Cc1c(C(=O)O)n(CCC(=O)O)c2ccc(Cl)cc12. The molecule has 19 heavy (non-hydrogen) atoms. The second kappa shape index (κ2) is 4.93. The Kier molecular flexibility index (Phi) is 3.48. The molecule has 0 aliphatic carbocycles. The molecular weight excluding hydrogens is 270 g/mol. The van der Waals surface area contributed by atoms with Crippen LogP contribution in [0.2, 0.25) is 5.02 Å². The van der Waals surface area contributed by atoms with Crippen LogP contribution in [0, 0.1) is 6.92 Å². The fourth-order valence-corrected chi connectivity index (χ4v) is 2.38. The smallest absolute Gasteiger partial charge is 0.352 e. The standard InChI is InChI=1S/C13H12ClNO4/c1-7-9-6-8(14)2-3-10(9)15(5-4-11(16)17)12(7)13(18)19/h2-3,6H,4-5H2,1H3,(H,16,17)(H,18,19). The highest BCUT2D eigenvalue weighted by Gasteiger charge is 2.20. The number of aryl methyl sites for hydroxylation is 2. The van der Waals surface area contributed by atoms with E-state index in [1.54, 1.807) is 25.1 Å². The number of carbonyl (C=O) groups is 2. The first-order valence-electron chi connectivity index (χ1n) is 5.65. The maximum Gasteiger partial charge on any atom is 0.352 e. The number of rotatable bonds is 4. The molecule has 0 atom stereocenters. The van der Waals surface area contributed by atoms with Gasteiger partial charge in [-0.3, -0.25) is 4.79 Å². The molecule has 0 aliphatic heterocycles. The summed E-state index contributed by atoms with van der Waals surface area (Å²) >= 11 is 5.91. The summed E-state index contributed by atoms with van der Waals surface area (Å²) in [6.45, 7) is 1.81. The van der Waals surface area contributed by atoms with Crippen LogP contribution in [0.15, 0.2) is 18.2 Å². The van der Waals surface area contributed by atoms with Crippen LogP contribution < -0.4 is 0 Å². The molecule has 0 amide bonds. The Morgan fingerprint density at radius 2 is 2.00 bits per heavy atom. The molecule has 0 unspecified atom stereocenters. The van der Waals surface area contributed by atoms with Gasteiger partial charge in [-0.15, -0.1) is 0 Å². The molecular formula is C13H12ClNO4. The van der Waals surface area contributed by atoms with Gasteiger partial charge in [-0.2, -0.15) is 0 Å². The lowest BCUT2D eigenvalue weighted by molar-refractivity contribution is -0.137. The summed E-state index contributed by atoms with van der Waals surface area (Å²) in [5.74, 6) is -2.04. The monoisotopic (exact) mass is 281 g/mol. The third-order valence-corrected chi connectivity index (χ3v) is 3.27. The minimum absolute atomic E-state index is 0.110. The number of nitrogens with zero attached hydrogens (tertiary/aromatic N) is 1. The fourth-order valence-electron chi connectivity index (χ4n) is 2.21. The number of aromatic carboxylic acids is 1. The topological polar surface area (TPSA) is 79.5 Å². The van der Waals surface area contributed by atoms with Crippen LogP contribution in [0.1, 0.15) is 22.5 Å². The van der Waals surface area contributed by atoms with Crippen molar-refractivity contribution in [2.24, 2.45) is 0 Å². The predicted molar refractivity (Wildman–Crippen MR) is 70.9 cm³/mol. The van der Waals surface area contributed by atoms with Gasteiger partial charge < -0.3 is 14.8 Å². The van der Waals surface area contributed by atoms with Gasteiger partial charge in [-0.25, -0.2) is 4.79 Å². The number of fused-ring (bicyclic) bond motifs is 1. The summed E-state index contributed by atoms with van der Waals surface area (Å²) in [5.41, 5.74) is 1.38. The highest BCUT2D eigenvalue weighted by atomic mass is 35.5. The van der Waals surface area contributed by atoms with Crippen LogP contribution in [0.4, 0.5) is 0 Å². The fraction of sp³-hybridized carbons (Fsp3) is 0.231. The van der Waals surface area contributed by atoms with Gasteiger partial charge in [-0.1, -0.05) is 11.6 Å². The summed E-state index contributed by atoms with van der Waals surface area (Å²) in [6, 6.07) is 5.06. The highest BCUT2D eigenvalue weighted by Crippen LogP contribution is 2.28. The van der Waals surface area contributed by atoms with Crippen LogP contribution >= 0.6 is 11.6 Å². The van der Waals surface area contributed by atoms with Crippen molar-refractivity contribution in [2.45, 2.75) is 19.9 Å². The number of aliphatic carboxylic acids is 1. The molecule has 1 aromatic carbocycles. The number of benzene rings is 1. The molecule has 0 aliphatic rings. The molecule has 0 saturated carbocycles. The van der Waals surface area contributed by atoms with E-state index in [-0.39, 0.29) is 18.7 Å². The molecule has 0 spiro atoms. The molecule has 6 heteroatoms. The molecule has 0 bridgehead atoms. The van der Waals surface area contributed by atoms with Crippen LogP contribution in [0.25, 0.3) is 10.9 Å². The average Bonchev–Trinajstić information content (AvgIpc) is 2.59. The second-order valence-electron chi connectivity index (χ2n) is 4.24. The van der Waals surface area contributed by atoms with Gasteiger partial charge in [-0.05, 0) is 30.7 Å². The van der Waals surface area contributed by atoms with Crippen LogP contribution in [0.3, 0.4) is 0 Å². The zero-order valence-electron chi connectivity index (χ0n) is 10.2. The van der Waals surface area contributed by atoms with Crippen molar-refractivity contribution in [1.29, 1.82) is 0 Å².